The number of halogens is 1. The predicted octanol–water partition coefficient (Wildman–Crippen LogP) is 3.29. The first-order chi connectivity index (χ1) is 12.7. The number of benzene rings is 2. The minimum atomic E-state index is -0.250. The van der Waals surface area contributed by atoms with Crippen molar-refractivity contribution in [3.63, 3.8) is 0 Å². The summed E-state index contributed by atoms with van der Waals surface area (Å²) >= 11 is 0. The Morgan fingerprint density at radius 2 is 1.88 bits per heavy atom. The lowest BCUT2D eigenvalue weighted by molar-refractivity contribution is 0.414. The van der Waals surface area contributed by atoms with Crippen molar-refractivity contribution in [2.45, 2.75) is 13.0 Å². The van der Waals surface area contributed by atoms with Gasteiger partial charge in [-0.25, -0.2) is 4.39 Å². The Labute approximate surface area is 151 Å². The van der Waals surface area contributed by atoms with Crippen molar-refractivity contribution in [3.8, 4) is 5.75 Å². The van der Waals surface area contributed by atoms with Crippen LogP contribution in [0.1, 0.15) is 11.1 Å². The fraction of sp³-hybridized carbons (Fsp3) is 0.211. The van der Waals surface area contributed by atoms with E-state index in [1.54, 1.807) is 25.4 Å². The average Bonchev–Trinajstić information content (AvgIpc) is 2.68. The van der Waals surface area contributed by atoms with Gasteiger partial charge in [0.05, 0.1) is 13.3 Å². The minimum absolute atomic E-state index is 0.250. The molecule has 3 aromatic rings. The number of hydrogen-bond acceptors (Lipinski definition) is 6. The Hall–Kier alpha value is -3.22. The van der Waals surface area contributed by atoms with Crippen LogP contribution < -0.4 is 15.4 Å². The fourth-order valence-corrected chi connectivity index (χ4v) is 2.41. The number of hydrogen-bond donors (Lipinski definition) is 2. The number of aromatic nitrogens is 3. The molecule has 3 rings (SSSR count). The molecule has 0 aliphatic rings. The molecule has 0 fully saturated rings. The van der Waals surface area contributed by atoms with Crippen LogP contribution in [0.2, 0.25) is 0 Å². The third-order valence-corrected chi connectivity index (χ3v) is 3.78. The molecule has 2 N–H and O–H groups in total. The van der Waals surface area contributed by atoms with E-state index in [-0.39, 0.29) is 5.82 Å². The van der Waals surface area contributed by atoms with Crippen molar-refractivity contribution in [3.05, 3.63) is 71.7 Å². The van der Waals surface area contributed by atoms with Gasteiger partial charge < -0.3 is 15.4 Å². The van der Waals surface area contributed by atoms with Gasteiger partial charge in [-0.1, -0.05) is 24.3 Å². The summed E-state index contributed by atoms with van der Waals surface area (Å²) in [6.07, 6.45) is 2.37. The summed E-state index contributed by atoms with van der Waals surface area (Å²) in [6, 6.07) is 14.2. The van der Waals surface area contributed by atoms with Gasteiger partial charge in [0, 0.05) is 13.1 Å². The van der Waals surface area contributed by atoms with Crippen molar-refractivity contribution in [1.82, 2.24) is 15.2 Å². The van der Waals surface area contributed by atoms with Gasteiger partial charge in [-0.3, -0.25) is 0 Å². The second-order valence-electron chi connectivity index (χ2n) is 5.67. The van der Waals surface area contributed by atoms with E-state index in [0.717, 1.165) is 23.3 Å². The van der Waals surface area contributed by atoms with Gasteiger partial charge in [0.15, 0.2) is 5.82 Å². The number of ether oxygens (including phenoxy) is 1. The molecule has 0 radical (unpaired) electrons. The minimum Gasteiger partial charge on any atom is -0.497 e. The third kappa shape index (κ3) is 5.14. The largest absolute Gasteiger partial charge is 0.497 e. The summed E-state index contributed by atoms with van der Waals surface area (Å²) in [5.74, 6) is 1.65. The highest BCUT2D eigenvalue weighted by molar-refractivity contribution is 5.38. The molecule has 0 aliphatic heterocycles. The molecule has 0 saturated carbocycles. The third-order valence-electron chi connectivity index (χ3n) is 3.78. The van der Waals surface area contributed by atoms with Gasteiger partial charge in [0.1, 0.15) is 11.6 Å². The lowest BCUT2D eigenvalue weighted by atomic mass is 10.1. The molecule has 1 aromatic heterocycles. The predicted molar refractivity (Wildman–Crippen MR) is 98.7 cm³/mol. The molecule has 0 amide bonds. The Morgan fingerprint density at radius 3 is 2.69 bits per heavy atom. The molecule has 0 saturated heterocycles. The SMILES string of the molecule is COc1cccc(CCNc2nncc(NCc3ccc(F)cc3)n2)c1. The van der Waals surface area contributed by atoms with Gasteiger partial charge in [-0.15, -0.1) is 5.10 Å². The number of anilines is 2. The molecule has 134 valence electrons. The van der Waals surface area contributed by atoms with Crippen molar-refractivity contribution >= 4 is 11.8 Å². The maximum atomic E-state index is 12.9. The van der Waals surface area contributed by atoms with Crippen LogP contribution in [0.3, 0.4) is 0 Å². The Morgan fingerprint density at radius 1 is 1.04 bits per heavy atom. The smallest absolute Gasteiger partial charge is 0.244 e. The fourth-order valence-electron chi connectivity index (χ4n) is 2.41. The van der Waals surface area contributed by atoms with Gasteiger partial charge in [0.25, 0.3) is 0 Å². The van der Waals surface area contributed by atoms with Crippen molar-refractivity contribution in [1.29, 1.82) is 0 Å². The maximum Gasteiger partial charge on any atom is 0.244 e. The summed E-state index contributed by atoms with van der Waals surface area (Å²) < 4.78 is 18.1. The zero-order valence-electron chi connectivity index (χ0n) is 14.4. The van der Waals surface area contributed by atoms with E-state index >= 15 is 0 Å². The second kappa shape index (κ2) is 8.75. The van der Waals surface area contributed by atoms with E-state index in [4.69, 9.17) is 4.74 Å². The summed E-state index contributed by atoms with van der Waals surface area (Å²) in [4.78, 5) is 4.38. The first-order valence-electron chi connectivity index (χ1n) is 8.28. The van der Waals surface area contributed by atoms with E-state index < -0.39 is 0 Å². The monoisotopic (exact) mass is 353 g/mol. The highest BCUT2D eigenvalue weighted by Gasteiger charge is 2.02. The van der Waals surface area contributed by atoms with Crippen LogP contribution in [0, 0.1) is 5.82 Å². The summed E-state index contributed by atoms with van der Waals surface area (Å²) in [5.41, 5.74) is 2.12. The molecule has 0 aliphatic carbocycles. The molecular formula is C19H20FN5O. The molecular weight excluding hydrogens is 333 g/mol. The van der Waals surface area contributed by atoms with Crippen LogP contribution in [0.4, 0.5) is 16.2 Å². The van der Waals surface area contributed by atoms with Crippen LogP contribution >= 0.6 is 0 Å². The number of rotatable bonds is 8. The molecule has 6 nitrogen and oxygen atoms in total. The zero-order chi connectivity index (χ0) is 18.2. The highest BCUT2D eigenvalue weighted by atomic mass is 19.1. The quantitative estimate of drug-likeness (QED) is 0.647. The van der Waals surface area contributed by atoms with Crippen molar-refractivity contribution in [2.75, 3.05) is 24.3 Å². The number of methoxy groups -OCH3 is 1. The second-order valence-corrected chi connectivity index (χ2v) is 5.67. The molecule has 0 atom stereocenters. The van der Waals surface area contributed by atoms with E-state index in [1.807, 2.05) is 24.3 Å². The molecule has 1 heterocycles. The molecule has 0 spiro atoms. The zero-order valence-corrected chi connectivity index (χ0v) is 14.4. The topological polar surface area (TPSA) is 72.0 Å². The maximum absolute atomic E-state index is 12.9. The summed E-state index contributed by atoms with van der Waals surface area (Å²) in [6.45, 7) is 1.21. The Kier molecular flexibility index (Phi) is 5.92. The Bertz CT molecular complexity index is 841. The molecule has 26 heavy (non-hydrogen) atoms. The molecule has 7 heteroatoms. The van der Waals surface area contributed by atoms with Gasteiger partial charge in [-0.05, 0) is 41.8 Å². The molecule has 0 bridgehead atoms. The van der Waals surface area contributed by atoms with Gasteiger partial charge in [0.2, 0.25) is 5.95 Å². The lowest BCUT2D eigenvalue weighted by Crippen LogP contribution is -2.10. The molecule has 2 aromatic carbocycles. The number of nitrogens with zero attached hydrogens (tertiary/aromatic N) is 3. The van der Waals surface area contributed by atoms with Crippen LogP contribution in [-0.2, 0) is 13.0 Å². The normalized spacial score (nSPS) is 10.4. The van der Waals surface area contributed by atoms with E-state index in [2.05, 4.69) is 25.8 Å². The first-order valence-corrected chi connectivity index (χ1v) is 8.28. The molecule has 0 unspecified atom stereocenters. The standard InChI is InChI=1S/C19H20FN5O/c1-26-17-4-2-3-14(11-17)9-10-21-19-24-18(13-23-25-19)22-12-15-5-7-16(20)8-6-15/h2-8,11,13H,9-10,12H2,1H3,(H2,21,22,24,25). The van der Waals surface area contributed by atoms with Crippen molar-refractivity contribution in [2.24, 2.45) is 0 Å². The van der Waals surface area contributed by atoms with Crippen LogP contribution in [0.25, 0.3) is 0 Å². The van der Waals surface area contributed by atoms with E-state index in [9.17, 15) is 4.39 Å². The summed E-state index contributed by atoms with van der Waals surface area (Å²) in [5, 5.41) is 14.2. The number of nitrogens with one attached hydrogen (secondary N) is 2. The van der Waals surface area contributed by atoms with Crippen molar-refractivity contribution < 1.29 is 9.13 Å². The lowest BCUT2D eigenvalue weighted by Gasteiger charge is -2.08. The van der Waals surface area contributed by atoms with Gasteiger partial charge in [-0.2, -0.15) is 10.1 Å². The van der Waals surface area contributed by atoms with E-state index in [0.29, 0.717) is 24.9 Å². The van der Waals surface area contributed by atoms with Crippen LogP contribution in [0.5, 0.6) is 5.75 Å². The Balaban J connectivity index is 1.51. The van der Waals surface area contributed by atoms with E-state index in [1.165, 1.54) is 12.1 Å². The first kappa shape index (κ1) is 17.6. The average molecular weight is 353 g/mol. The van der Waals surface area contributed by atoms with Gasteiger partial charge >= 0.3 is 0 Å². The highest BCUT2D eigenvalue weighted by Crippen LogP contribution is 2.13. The van der Waals surface area contributed by atoms with Crippen LogP contribution in [-0.4, -0.2) is 28.8 Å². The van der Waals surface area contributed by atoms with Crippen LogP contribution in [0.15, 0.2) is 54.7 Å². The summed E-state index contributed by atoms with van der Waals surface area (Å²) in [7, 11) is 1.65.